The van der Waals surface area contributed by atoms with Crippen molar-refractivity contribution >= 4 is 5.91 Å². The van der Waals surface area contributed by atoms with E-state index in [0.717, 1.165) is 11.5 Å². The largest absolute Gasteiger partial charge is 0.345 e. The number of hydrogen-bond acceptors (Lipinski definition) is 2. The molecule has 1 atom stereocenters. The van der Waals surface area contributed by atoms with Crippen LogP contribution in [0.1, 0.15) is 37.7 Å². The predicted octanol–water partition coefficient (Wildman–Crippen LogP) is 3.25. The van der Waals surface area contributed by atoms with E-state index in [4.69, 9.17) is 0 Å². The number of carbonyl (C=O) groups is 1. The maximum atomic E-state index is 14.0. The molecule has 0 radical (unpaired) electrons. The lowest BCUT2D eigenvalue weighted by Gasteiger charge is -2.20. The second-order valence-corrected chi connectivity index (χ2v) is 6.12. The molecule has 1 aliphatic rings. The Morgan fingerprint density at radius 3 is 2.73 bits per heavy atom. The molecule has 1 fully saturated rings. The zero-order valence-electron chi connectivity index (χ0n) is 13.1. The molecule has 0 saturated carbocycles. The van der Waals surface area contributed by atoms with Crippen molar-refractivity contribution in [2.24, 2.45) is 0 Å². The number of aromatic nitrogens is 2. The van der Waals surface area contributed by atoms with Gasteiger partial charge < -0.3 is 9.88 Å². The summed E-state index contributed by atoms with van der Waals surface area (Å²) in [6, 6.07) is 6.81. The van der Waals surface area contributed by atoms with Crippen LogP contribution in [0.4, 0.5) is 4.39 Å². The lowest BCUT2D eigenvalue weighted by molar-refractivity contribution is -0.129. The molecule has 1 saturated heterocycles. The minimum absolute atomic E-state index is 0.0501. The van der Waals surface area contributed by atoms with E-state index in [1.807, 2.05) is 25.7 Å². The summed E-state index contributed by atoms with van der Waals surface area (Å²) in [6.07, 6.45) is 0.460. The molecular formula is C17H20FN3O. The summed E-state index contributed by atoms with van der Waals surface area (Å²) < 4.78 is 14.0. The van der Waals surface area contributed by atoms with Crippen molar-refractivity contribution in [3.05, 3.63) is 41.6 Å². The first-order valence-electron chi connectivity index (χ1n) is 7.58. The minimum Gasteiger partial charge on any atom is -0.345 e. The summed E-state index contributed by atoms with van der Waals surface area (Å²) in [4.78, 5) is 21.7. The number of amides is 1. The predicted molar refractivity (Wildman–Crippen MR) is 82.9 cm³/mol. The van der Waals surface area contributed by atoms with Gasteiger partial charge in [0.15, 0.2) is 0 Å². The fraction of sp³-hybridized carbons (Fsp3) is 0.412. The van der Waals surface area contributed by atoms with E-state index in [1.165, 1.54) is 6.07 Å². The Kier molecular flexibility index (Phi) is 3.72. The van der Waals surface area contributed by atoms with Crippen molar-refractivity contribution in [2.45, 2.75) is 39.2 Å². The van der Waals surface area contributed by atoms with Gasteiger partial charge in [0.1, 0.15) is 11.6 Å². The monoisotopic (exact) mass is 301 g/mol. The van der Waals surface area contributed by atoms with Crippen molar-refractivity contribution in [1.82, 2.24) is 14.9 Å². The molecule has 22 heavy (non-hydrogen) atoms. The van der Waals surface area contributed by atoms with Gasteiger partial charge in [-0.25, -0.2) is 9.37 Å². The van der Waals surface area contributed by atoms with Gasteiger partial charge in [-0.15, -0.1) is 0 Å². The van der Waals surface area contributed by atoms with Crippen LogP contribution in [0.5, 0.6) is 0 Å². The lowest BCUT2D eigenvalue weighted by atomic mass is 10.1. The molecule has 4 nitrogen and oxygen atoms in total. The van der Waals surface area contributed by atoms with Crippen LogP contribution >= 0.6 is 0 Å². The van der Waals surface area contributed by atoms with Crippen molar-refractivity contribution in [3.63, 3.8) is 0 Å². The van der Waals surface area contributed by atoms with E-state index >= 15 is 0 Å². The third kappa shape index (κ3) is 2.51. The van der Waals surface area contributed by atoms with Gasteiger partial charge in [-0.3, -0.25) is 4.79 Å². The zero-order chi connectivity index (χ0) is 15.9. The number of likely N-dealkylation sites (tertiary alicyclic amines) is 1. The molecule has 1 amide bonds. The molecule has 1 aromatic heterocycles. The van der Waals surface area contributed by atoms with Gasteiger partial charge in [0, 0.05) is 36.2 Å². The first-order chi connectivity index (χ1) is 10.5. The number of aryl methyl sites for hydroxylation is 1. The number of rotatable bonds is 3. The Morgan fingerprint density at radius 2 is 2.09 bits per heavy atom. The molecule has 2 heterocycles. The van der Waals surface area contributed by atoms with Gasteiger partial charge in [0.05, 0.1) is 5.69 Å². The van der Waals surface area contributed by atoms with Crippen molar-refractivity contribution in [3.8, 4) is 11.3 Å². The number of aromatic amines is 1. The van der Waals surface area contributed by atoms with Crippen LogP contribution < -0.4 is 0 Å². The Morgan fingerprint density at radius 1 is 1.36 bits per heavy atom. The standard InChI is InChI=1S/C17H20FN3O/c1-10(2)21-9-12(8-15(21)22)17-19-11(3)16(20-17)13-6-4-5-7-14(13)18/h4-7,10,12H,8-9H2,1-3H3,(H,19,20)/t12-/m0/s1. The highest BCUT2D eigenvalue weighted by Gasteiger charge is 2.34. The van der Waals surface area contributed by atoms with Crippen LogP contribution in [0.25, 0.3) is 11.3 Å². The molecule has 1 N–H and O–H groups in total. The Labute approximate surface area is 129 Å². The van der Waals surface area contributed by atoms with Gasteiger partial charge in [0.2, 0.25) is 5.91 Å². The molecule has 116 valence electrons. The third-order valence-electron chi connectivity index (χ3n) is 4.20. The summed E-state index contributed by atoms with van der Waals surface area (Å²) in [6.45, 7) is 6.58. The highest BCUT2D eigenvalue weighted by atomic mass is 19.1. The second kappa shape index (κ2) is 5.55. The van der Waals surface area contributed by atoms with Crippen molar-refractivity contribution in [2.75, 3.05) is 6.54 Å². The van der Waals surface area contributed by atoms with Crippen molar-refractivity contribution in [1.29, 1.82) is 0 Å². The fourth-order valence-electron chi connectivity index (χ4n) is 3.01. The van der Waals surface area contributed by atoms with Crippen LogP contribution in [-0.2, 0) is 4.79 Å². The fourth-order valence-corrected chi connectivity index (χ4v) is 3.01. The molecule has 3 rings (SSSR count). The van der Waals surface area contributed by atoms with Gasteiger partial charge in [-0.05, 0) is 32.9 Å². The smallest absolute Gasteiger partial charge is 0.223 e. The molecular weight excluding hydrogens is 281 g/mol. The third-order valence-corrected chi connectivity index (χ3v) is 4.20. The number of H-pyrrole nitrogens is 1. The average molecular weight is 301 g/mol. The first-order valence-corrected chi connectivity index (χ1v) is 7.58. The molecule has 5 heteroatoms. The highest BCUT2D eigenvalue weighted by molar-refractivity contribution is 5.80. The van der Waals surface area contributed by atoms with Gasteiger partial charge in [-0.2, -0.15) is 0 Å². The summed E-state index contributed by atoms with van der Waals surface area (Å²) in [5.74, 6) is 0.692. The topological polar surface area (TPSA) is 49.0 Å². The molecule has 0 bridgehead atoms. The summed E-state index contributed by atoms with van der Waals surface area (Å²) in [5.41, 5.74) is 1.95. The number of nitrogens with zero attached hydrogens (tertiary/aromatic N) is 2. The highest BCUT2D eigenvalue weighted by Crippen LogP contribution is 2.31. The van der Waals surface area contributed by atoms with Gasteiger partial charge >= 0.3 is 0 Å². The number of imidazole rings is 1. The van der Waals surface area contributed by atoms with E-state index < -0.39 is 0 Å². The molecule has 0 unspecified atom stereocenters. The molecule has 1 aliphatic heterocycles. The van der Waals surface area contributed by atoms with E-state index in [-0.39, 0.29) is 23.7 Å². The summed E-state index contributed by atoms with van der Waals surface area (Å²) in [7, 11) is 0. The maximum absolute atomic E-state index is 14.0. The van der Waals surface area contributed by atoms with E-state index in [0.29, 0.717) is 24.2 Å². The number of benzene rings is 1. The number of nitrogens with one attached hydrogen (secondary N) is 1. The maximum Gasteiger partial charge on any atom is 0.223 e. The molecule has 0 aliphatic carbocycles. The Bertz CT molecular complexity index is 708. The van der Waals surface area contributed by atoms with E-state index in [9.17, 15) is 9.18 Å². The lowest BCUT2D eigenvalue weighted by Crippen LogP contribution is -2.31. The number of halogens is 1. The van der Waals surface area contributed by atoms with Crippen LogP contribution in [-0.4, -0.2) is 33.4 Å². The second-order valence-electron chi connectivity index (χ2n) is 6.12. The molecule has 0 spiro atoms. The van der Waals surface area contributed by atoms with Crippen molar-refractivity contribution < 1.29 is 9.18 Å². The number of hydrogen-bond donors (Lipinski definition) is 1. The van der Waals surface area contributed by atoms with Crippen LogP contribution in [0.2, 0.25) is 0 Å². The average Bonchev–Trinajstić information content (AvgIpc) is 3.03. The van der Waals surface area contributed by atoms with Gasteiger partial charge in [0.25, 0.3) is 0 Å². The zero-order valence-corrected chi connectivity index (χ0v) is 13.1. The summed E-state index contributed by atoms with van der Waals surface area (Å²) >= 11 is 0. The van der Waals surface area contributed by atoms with E-state index in [1.54, 1.807) is 18.2 Å². The molecule has 1 aromatic carbocycles. The number of carbonyl (C=O) groups excluding carboxylic acids is 1. The SMILES string of the molecule is Cc1[nH]c([C@H]2CC(=O)N(C(C)C)C2)nc1-c1ccccc1F. The van der Waals surface area contributed by atoms with Gasteiger partial charge in [-0.1, -0.05) is 12.1 Å². The molecule has 2 aromatic rings. The van der Waals surface area contributed by atoms with Crippen LogP contribution in [0.15, 0.2) is 24.3 Å². The quantitative estimate of drug-likeness (QED) is 0.946. The summed E-state index contributed by atoms with van der Waals surface area (Å²) in [5, 5.41) is 0. The minimum atomic E-state index is -0.282. The Hall–Kier alpha value is -2.17. The first kappa shape index (κ1) is 14.8. The van der Waals surface area contributed by atoms with Crippen LogP contribution in [0.3, 0.4) is 0 Å². The van der Waals surface area contributed by atoms with E-state index in [2.05, 4.69) is 9.97 Å². The normalized spacial score (nSPS) is 18.5. The Balaban J connectivity index is 1.91. The van der Waals surface area contributed by atoms with Crippen LogP contribution in [0, 0.1) is 12.7 Å².